The number of aryl methyl sites for hydroxylation is 1. The number of benzene rings is 2. The summed E-state index contributed by atoms with van der Waals surface area (Å²) in [5.41, 5.74) is 3.35. The fourth-order valence-electron chi connectivity index (χ4n) is 2.59. The number of hydrogen-bond acceptors (Lipinski definition) is 3. The molecule has 0 fully saturated rings. The molecule has 0 amide bonds. The van der Waals surface area contributed by atoms with Crippen molar-refractivity contribution in [3.8, 4) is 22.6 Å². The van der Waals surface area contributed by atoms with E-state index in [-0.39, 0.29) is 0 Å². The van der Waals surface area contributed by atoms with Crippen LogP contribution in [0.4, 0.5) is 0 Å². The van der Waals surface area contributed by atoms with E-state index < -0.39 is 0 Å². The zero-order chi connectivity index (χ0) is 14.9. The Bertz CT molecular complexity index is 925. The third kappa shape index (κ3) is 2.13. The maximum Gasteiger partial charge on any atom is 0.165 e. The van der Waals surface area contributed by atoms with Gasteiger partial charge in [0.2, 0.25) is 0 Å². The van der Waals surface area contributed by atoms with Crippen LogP contribution in [0.2, 0.25) is 0 Å². The molecule has 0 atom stereocenters. The van der Waals surface area contributed by atoms with Crippen molar-refractivity contribution in [1.82, 2.24) is 20.0 Å². The summed E-state index contributed by atoms with van der Waals surface area (Å²) in [5.74, 6) is 1.47. The molecule has 0 radical (unpaired) electrons. The lowest BCUT2D eigenvalue weighted by Gasteiger charge is -2.07. The Balaban J connectivity index is 1.78. The van der Waals surface area contributed by atoms with E-state index in [0.29, 0.717) is 5.75 Å². The van der Waals surface area contributed by atoms with Crippen molar-refractivity contribution in [1.29, 1.82) is 0 Å². The number of aromatic nitrogens is 4. The van der Waals surface area contributed by atoms with Crippen LogP contribution in [0, 0.1) is 0 Å². The van der Waals surface area contributed by atoms with E-state index in [2.05, 4.69) is 33.5 Å². The average molecular weight is 290 g/mol. The van der Waals surface area contributed by atoms with Crippen LogP contribution in [0.25, 0.3) is 22.0 Å². The smallest absolute Gasteiger partial charge is 0.165 e. The minimum Gasteiger partial charge on any atom is -0.454 e. The van der Waals surface area contributed by atoms with E-state index in [4.69, 9.17) is 4.74 Å². The van der Waals surface area contributed by atoms with E-state index in [9.17, 15) is 0 Å². The van der Waals surface area contributed by atoms with Crippen LogP contribution in [0.1, 0.15) is 0 Å². The van der Waals surface area contributed by atoms with E-state index in [1.165, 1.54) is 0 Å². The van der Waals surface area contributed by atoms with Crippen LogP contribution < -0.4 is 4.74 Å². The molecule has 22 heavy (non-hydrogen) atoms. The molecule has 5 heteroatoms. The van der Waals surface area contributed by atoms with Crippen LogP contribution in [0.3, 0.4) is 0 Å². The Morgan fingerprint density at radius 2 is 1.95 bits per heavy atom. The molecule has 4 rings (SSSR count). The molecule has 2 aromatic carbocycles. The largest absolute Gasteiger partial charge is 0.454 e. The van der Waals surface area contributed by atoms with E-state index in [1.54, 1.807) is 12.4 Å². The molecule has 1 N–H and O–H groups in total. The van der Waals surface area contributed by atoms with Gasteiger partial charge in [-0.15, -0.1) is 0 Å². The van der Waals surface area contributed by atoms with Gasteiger partial charge in [0.15, 0.2) is 5.75 Å². The first-order chi connectivity index (χ1) is 10.8. The molecule has 2 aromatic heterocycles. The van der Waals surface area contributed by atoms with E-state index in [0.717, 1.165) is 27.8 Å². The molecule has 0 bridgehead atoms. The molecule has 0 saturated carbocycles. The van der Waals surface area contributed by atoms with E-state index >= 15 is 0 Å². The first kappa shape index (κ1) is 12.6. The van der Waals surface area contributed by atoms with Crippen molar-refractivity contribution < 1.29 is 4.74 Å². The number of hydrogen-bond donors (Lipinski definition) is 1. The van der Waals surface area contributed by atoms with Crippen LogP contribution in [0.5, 0.6) is 11.5 Å². The Morgan fingerprint density at radius 1 is 1.05 bits per heavy atom. The summed E-state index contributed by atoms with van der Waals surface area (Å²) in [6.07, 6.45) is 5.26. The molecule has 5 nitrogen and oxygen atoms in total. The van der Waals surface area contributed by atoms with Gasteiger partial charge in [0.1, 0.15) is 5.75 Å². The Morgan fingerprint density at radius 3 is 2.82 bits per heavy atom. The number of aromatic amines is 1. The van der Waals surface area contributed by atoms with Crippen LogP contribution >= 0.6 is 0 Å². The molecular formula is C17H14N4O. The second kappa shape index (κ2) is 5.04. The fraction of sp³-hybridized carbons (Fsp3) is 0.0588. The molecule has 0 aliphatic carbocycles. The third-order valence-corrected chi connectivity index (χ3v) is 3.65. The lowest BCUT2D eigenvalue weighted by atomic mass is 10.0. The lowest BCUT2D eigenvalue weighted by molar-refractivity contribution is 0.483. The number of fused-ring (bicyclic) bond motifs is 1. The van der Waals surface area contributed by atoms with Crippen molar-refractivity contribution in [3.05, 3.63) is 61.1 Å². The minimum atomic E-state index is 0.691. The number of nitrogens with one attached hydrogen (secondary N) is 1. The highest BCUT2D eigenvalue weighted by atomic mass is 16.5. The molecule has 0 aliphatic rings. The second-order valence-corrected chi connectivity index (χ2v) is 5.07. The van der Waals surface area contributed by atoms with Crippen molar-refractivity contribution in [2.45, 2.75) is 0 Å². The van der Waals surface area contributed by atoms with Gasteiger partial charge in [0, 0.05) is 12.4 Å². The van der Waals surface area contributed by atoms with Gasteiger partial charge in [-0.25, -0.2) is 0 Å². The predicted octanol–water partition coefficient (Wildman–Crippen LogP) is 3.76. The van der Waals surface area contributed by atoms with Gasteiger partial charge in [-0.2, -0.15) is 10.2 Å². The Kier molecular flexibility index (Phi) is 2.89. The van der Waals surface area contributed by atoms with Crippen molar-refractivity contribution in [2.75, 3.05) is 0 Å². The summed E-state index contributed by atoms with van der Waals surface area (Å²) in [4.78, 5) is 0. The Hall–Kier alpha value is -3.08. The standard InChI is InChI=1S/C17H14N4O/c1-21-17-7-3-6-15(16(17)11-20-21)12-4-2-5-13(8-12)22-14-9-18-19-10-14/h2-11H,1H3,(H,18,19). The van der Waals surface area contributed by atoms with Crippen molar-refractivity contribution in [2.24, 2.45) is 7.05 Å². The zero-order valence-corrected chi connectivity index (χ0v) is 12.0. The number of ether oxygens (including phenoxy) is 1. The van der Waals surface area contributed by atoms with Crippen LogP contribution in [-0.4, -0.2) is 20.0 Å². The first-order valence-corrected chi connectivity index (χ1v) is 6.99. The first-order valence-electron chi connectivity index (χ1n) is 6.99. The molecule has 4 aromatic rings. The summed E-state index contributed by atoms with van der Waals surface area (Å²) < 4.78 is 7.66. The third-order valence-electron chi connectivity index (χ3n) is 3.65. The molecule has 0 aliphatic heterocycles. The molecule has 2 heterocycles. The van der Waals surface area contributed by atoms with Crippen molar-refractivity contribution >= 4 is 10.9 Å². The van der Waals surface area contributed by atoms with Crippen LogP contribution in [-0.2, 0) is 7.05 Å². The van der Waals surface area contributed by atoms with Gasteiger partial charge in [0.05, 0.1) is 24.1 Å². The van der Waals surface area contributed by atoms with Gasteiger partial charge in [-0.1, -0.05) is 24.3 Å². The number of nitrogens with zero attached hydrogens (tertiary/aromatic N) is 3. The number of H-pyrrole nitrogens is 1. The predicted molar refractivity (Wildman–Crippen MR) is 84.8 cm³/mol. The monoisotopic (exact) mass is 290 g/mol. The van der Waals surface area contributed by atoms with Gasteiger partial charge in [0.25, 0.3) is 0 Å². The zero-order valence-electron chi connectivity index (χ0n) is 12.0. The van der Waals surface area contributed by atoms with Gasteiger partial charge >= 0.3 is 0 Å². The highest BCUT2D eigenvalue weighted by Gasteiger charge is 2.08. The summed E-state index contributed by atoms with van der Waals surface area (Å²) in [5, 5.41) is 12.1. The lowest BCUT2D eigenvalue weighted by Crippen LogP contribution is -1.88. The molecule has 0 unspecified atom stereocenters. The maximum atomic E-state index is 5.78. The van der Waals surface area contributed by atoms with Gasteiger partial charge < -0.3 is 4.74 Å². The highest BCUT2D eigenvalue weighted by Crippen LogP contribution is 2.31. The van der Waals surface area contributed by atoms with E-state index in [1.807, 2.05) is 42.2 Å². The molecule has 0 spiro atoms. The molecular weight excluding hydrogens is 276 g/mol. The average Bonchev–Trinajstić information content (AvgIpc) is 3.18. The quantitative estimate of drug-likeness (QED) is 0.625. The number of rotatable bonds is 3. The molecule has 0 saturated heterocycles. The second-order valence-electron chi connectivity index (χ2n) is 5.07. The summed E-state index contributed by atoms with van der Waals surface area (Å²) in [7, 11) is 1.95. The Labute approximate surface area is 127 Å². The minimum absolute atomic E-state index is 0.691. The summed E-state index contributed by atoms with van der Waals surface area (Å²) >= 11 is 0. The van der Waals surface area contributed by atoms with Gasteiger partial charge in [-0.05, 0) is 29.3 Å². The topological polar surface area (TPSA) is 55.7 Å². The van der Waals surface area contributed by atoms with Gasteiger partial charge in [-0.3, -0.25) is 9.78 Å². The maximum absolute atomic E-state index is 5.78. The highest BCUT2D eigenvalue weighted by molar-refractivity contribution is 5.94. The normalized spacial score (nSPS) is 11.0. The molecule has 108 valence electrons. The summed E-state index contributed by atoms with van der Waals surface area (Å²) in [6, 6.07) is 14.2. The summed E-state index contributed by atoms with van der Waals surface area (Å²) in [6.45, 7) is 0. The SMILES string of the molecule is Cn1ncc2c(-c3cccc(Oc4cn[nH]c4)c3)cccc21. The van der Waals surface area contributed by atoms with Crippen LogP contribution in [0.15, 0.2) is 61.1 Å². The van der Waals surface area contributed by atoms with Crippen molar-refractivity contribution in [3.63, 3.8) is 0 Å². The fourth-order valence-corrected chi connectivity index (χ4v) is 2.59.